The molecule has 2 heterocycles. The number of nitrogens with one attached hydrogen (secondary N) is 1. The van der Waals surface area contributed by atoms with Crippen LogP contribution in [0.15, 0.2) is 48.8 Å². The van der Waals surface area contributed by atoms with Gasteiger partial charge >= 0.3 is 0 Å². The maximum Gasteiger partial charge on any atom is 0.246 e. The zero-order valence-corrected chi connectivity index (χ0v) is 16.6. The van der Waals surface area contributed by atoms with Crippen molar-refractivity contribution < 1.29 is 6.16 Å². The highest BCUT2D eigenvalue weighted by Gasteiger charge is 2.15. The van der Waals surface area contributed by atoms with Gasteiger partial charge in [0.1, 0.15) is 12.1 Å². The van der Waals surface area contributed by atoms with Gasteiger partial charge in [0, 0.05) is 45.0 Å². The minimum atomic E-state index is 0. The predicted octanol–water partition coefficient (Wildman–Crippen LogP) is 3.33. The van der Waals surface area contributed by atoms with E-state index in [1.165, 1.54) is 11.3 Å². The second kappa shape index (κ2) is 7.90. The van der Waals surface area contributed by atoms with E-state index < -0.39 is 0 Å². The van der Waals surface area contributed by atoms with Gasteiger partial charge in [-0.15, -0.1) is 5.10 Å². The summed E-state index contributed by atoms with van der Waals surface area (Å²) in [5.41, 5.74) is 4.36. The summed E-state index contributed by atoms with van der Waals surface area (Å²) in [5.74, 6) is 1.36. The lowest BCUT2D eigenvalue weighted by molar-refractivity contribution is 0.313. The Kier molecular flexibility index (Phi) is 5.16. The minimum absolute atomic E-state index is 0. The Balaban J connectivity index is 0.00000240. The van der Waals surface area contributed by atoms with Gasteiger partial charge in [-0.05, 0) is 49.9 Å². The first-order chi connectivity index (χ1) is 13.6. The van der Waals surface area contributed by atoms with Crippen LogP contribution in [-0.4, -0.2) is 60.0 Å². The van der Waals surface area contributed by atoms with Crippen molar-refractivity contribution in [3.8, 4) is 11.4 Å². The van der Waals surface area contributed by atoms with Gasteiger partial charge in [0.05, 0.1) is 12.8 Å². The van der Waals surface area contributed by atoms with E-state index in [0.717, 1.165) is 43.3 Å². The smallest absolute Gasteiger partial charge is 0.246 e. The number of aryl methyl sites for hydroxylation is 1. The number of hydrogen-bond donors (Lipinski definition) is 1. The van der Waals surface area contributed by atoms with Crippen molar-refractivity contribution in [3.05, 3.63) is 54.4 Å². The maximum absolute atomic E-state index is 5.28. The molecule has 0 aliphatic carbocycles. The zero-order chi connectivity index (χ0) is 19.5. The summed E-state index contributed by atoms with van der Waals surface area (Å²) < 4.78 is 7.02. The van der Waals surface area contributed by atoms with Crippen LogP contribution in [0.5, 0.6) is 5.75 Å². The molecule has 0 saturated carbocycles. The van der Waals surface area contributed by atoms with Crippen LogP contribution >= 0.6 is 0 Å². The van der Waals surface area contributed by atoms with Crippen molar-refractivity contribution in [1.29, 1.82) is 0 Å². The molecule has 0 bridgehead atoms. The Labute approximate surface area is 167 Å². The predicted molar refractivity (Wildman–Crippen MR) is 114 cm³/mol. The molecule has 1 fully saturated rings. The number of rotatable bonds is 5. The summed E-state index contributed by atoms with van der Waals surface area (Å²) in [7, 11) is 3.83. The summed E-state index contributed by atoms with van der Waals surface area (Å²) in [6, 6.07) is 14.3. The van der Waals surface area contributed by atoms with Crippen LogP contribution in [0.3, 0.4) is 0 Å². The average molecular weight is 380 g/mol. The molecular weight excluding hydrogens is 352 g/mol. The molecule has 2 aromatic carbocycles. The molecule has 0 amide bonds. The van der Waals surface area contributed by atoms with Crippen LogP contribution in [0.1, 0.15) is 6.99 Å². The lowest BCUT2D eigenvalue weighted by Gasteiger charge is -2.34. The lowest BCUT2D eigenvalue weighted by atomic mass is 10.1. The molecule has 28 heavy (non-hydrogen) atoms. The monoisotopic (exact) mass is 380 g/mol. The number of ether oxygens (including phenoxy) is 1. The van der Waals surface area contributed by atoms with E-state index in [4.69, 9.17) is 4.74 Å². The molecule has 0 unspecified atom stereocenters. The molecule has 0 atom stereocenters. The van der Waals surface area contributed by atoms with Crippen LogP contribution in [-0.2, 0) is 0 Å². The second-order valence-electron chi connectivity index (χ2n) is 7.19. The van der Waals surface area contributed by atoms with E-state index in [1.807, 2.05) is 24.3 Å². The van der Waals surface area contributed by atoms with E-state index in [0.29, 0.717) is 5.95 Å². The van der Waals surface area contributed by atoms with Crippen LogP contribution in [0.2, 0.25) is 0 Å². The highest BCUT2D eigenvalue weighted by atomic mass is 16.5. The molecule has 3 aromatic rings. The molecule has 1 N–H and O–H groups in total. The summed E-state index contributed by atoms with van der Waals surface area (Å²) in [6.07, 6.45) is 1.70. The minimum Gasteiger partial charge on any atom is -0.497 e. The number of aromatic nitrogens is 3. The number of anilines is 3. The largest absolute Gasteiger partial charge is 0.497 e. The van der Waals surface area contributed by atoms with Crippen LogP contribution < -0.4 is 15.0 Å². The molecule has 1 saturated heterocycles. The normalized spacial score (nSPS) is 14.9. The van der Waals surface area contributed by atoms with Crippen LogP contribution in [0.25, 0.3) is 5.69 Å². The molecule has 148 valence electrons. The molecule has 1 aliphatic rings. The fourth-order valence-electron chi connectivity index (χ4n) is 3.41. The number of likely N-dealkylation sites (N-methyl/N-ethyl adjacent to an activating group) is 1. The van der Waals surface area contributed by atoms with E-state index in [1.54, 1.807) is 18.1 Å². The van der Waals surface area contributed by atoms with Gasteiger partial charge in [0.25, 0.3) is 0 Å². The van der Waals surface area contributed by atoms with Gasteiger partial charge in [0.2, 0.25) is 5.95 Å². The molecule has 7 heteroatoms. The van der Waals surface area contributed by atoms with Crippen molar-refractivity contribution in [1.82, 2.24) is 19.7 Å². The third-order valence-electron chi connectivity index (χ3n) is 5.00. The fourth-order valence-corrected chi connectivity index (χ4v) is 3.41. The van der Waals surface area contributed by atoms with Gasteiger partial charge < -0.3 is 19.9 Å². The third kappa shape index (κ3) is 4.09. The average Bonchev–Trinajstić information content (AvgIpc) is 3.16. The van der Waals surface area contributed by atoms with Gasteiger partial charge in [-0.25, -0.2) is 4.68 Å². The van der Waals surface area contributed by atoms with Crippen molar-refractivity contribution in [2.24, 2.45) is 0 Å². The number of hydrogen-bond acceptors (Lipinski definition) is 6. The Morgan fingerprint density at radius 3 is 2.64 bits per heavy atom. The molecule has 7 nitrogen and oxygen atoms in total. The highest BCUT2D eigenvalue weighted by molar-refractivity contribution is 5.64. The number of piperazine rings is 1. The van der Waals surface area contributed by atoms with E-state index in [-0.39, 0.29) is 1.43 Å². The molecule has 0 spiro atoms. The van der Waals surface area contributed by atoms with E-state index in [9.17, 15) is 0 Å². The first-order valence-corrected chi connectivity index (χ1v) is 9.49. The van der Waals surface area contributed by atoms with E-state index in [2.05, 4.69) is 57.4 Å². The molecule has 1 aromatic heterocycles. The summed E-state index contributed by atoms with van der Waals surface area (Å²) in [6.45, 7) is 6.38. The zero-order valence-electron chi connectivity index (χ0n) is 16.6. The summed E-state index contributed by atoms with van der Waals surface area (Å²) in [5, 5.41) is 7.89. The first kappa shape index (κ1) is 18.3. The van der Waals surface area contributed by atoms with Crippen LogP contribution in [0, 0.1) is 6.92 Å². The fraction of sp³-hybridized carbons (Fsp3) is 0.333. The van der Waals surface area contributed by atoms with Gasteiger partial charge in [-0.2, -0.15) is 4.98 Å². The first-order valence-electron chi connectivity index (χ1n) is 9.49. The summed E-state index contributed by atoms with van der Waals surface area (Å²) >= 11 is 0. The molecular formula is C21H28N6O. The molecule has 4 rings (SSSR count). The Hall–Kier alpha value is -3.06. The molecule has 1 aliphatic heterocycles. The van der Waals surface area contributed by atoms with Gasteiger partial charge in [-0.1, -0.05) is 6.07 Å². The van der Waals surface area contributed by atoms with E-state index >= 15 is 0 Å². The SMILES string of the molecule is COc1cccc(-n2cnc(Nc3cc(C)cc(N4CCN(C)CC4)c3)n2)c1.[HH]. The molecule has 0 radical (unpaired) electrons. The van der Waals surface area contributed by atoms with Crippen molar-refractivity contribution in [2.45, 2.75) is 6.92 Å². The third-order valence-corrected chi connectivity index (χ3v) is 5.00. The standard InChI is InChI=1S/C21H26N6O.H2/c1-16-11-17(13-19(12-16)26-9-7-25(2)8-10-26)23-21-22-15-27(24-21)18-5-4-6-20(14-18)28-3;/h4-6,11-15H,7-10H2,1-3H3,(H,23,24);1H. The summed E-state index contributed by atoms with van der Waals surface area (Å²) in [4.78, 5) is 9.20. The Morgan fingerprint density at radius 1 is 1.04 bits per heavy atom. The highest BCUT2D eigenvalue weighted by Crippen LogP contribution is 2.25. The number of benzene rings is 2. The van der Waals surface area contributed by atoms with Crippen molar-refractivity contribution in [2.75, 3.05) is 50.6 Å². The second-order valence-corrected chi connectivity index (χ2v) is 7.19. The maximum atomic E-state index is 5.28. The number of nitrogens with zero attached hydrogens (tertiary/aromatic N) is 5. The topological polar surface area (TPSA) is 58.5 Å². The lowest BCUT2D eigenvalue weighted by Crippen LogP contribution is -2.44. The van der Waals surface area contributed by atoms with Crippen molar-refractivity contribution in [3.63, 3.8) is 0 Å². The Morgan fingerprint density at radius 2 is 1.86 bits per heavy atom. The number of methoxy groups -OCH3 is 1. The van der Waals surface area contributed by atoms with Crippen LogP contribution in [0.4, 0.5) is 17.3 Å². The van der Waals surface area contributed by atoms with Gasteiger partial charge in [-0.3, -0.25) is 0 Å². The Bertz CT molecular complexity index is 952. The van der Waals surface area contributed by atoms with Gasteiger partial charge in [0.15, 0.2) is 0 Å². The van der Waals surface area contributed by atoms with Crippen molar-refractivity contribution >= 4 is 17.3 Å². The quantitative estimate of drug-likeness (QED) is 0.733.